The molecule has 0 aliphatic heterocycles. The zero-order valence-electron chi connectivity index (χ0n) is 28.3. The van der Waals surface area contributed by atoms with Crippen molar-refractivity contribution in [3.63, 3.8) is 0 Å². The molecule has 0 aromatic heterocycles. The average Bonchev–Trinajstić information content (AvgIpc) is 3.02. The maximum Gasteiger partial charge on any atom is 0.132 e. The lowest BCUT2D eigenvalue weighted by Crippen LogP contribution is -1.92. The number of hydrogen-bond donors (Lipinski definition) is 2. The summed E-state index contributed by atoms with van der Waals surface area (Å²) in [5.74, 6) is -0.989. The third kappa shape index (κ3) is 3.87. The Kier molecular flexibility index (Phi) is 3.60. The largest absolute Gasteiger partial charge is 0.507 e. The van der Waals surface area contributed by atoms with E-state index < -0.39 is 71.9 Å². The highest BCUT2D eigenvalue weighted by Gasteiger charge is 2.23. The number of rotatable bonds is 3. The minimum Gasteiger partial charge on any atom is -0.507 e. The predicted molar refractivity (Wildman–Crippen MR) is 156 cm³/mol. The van der Waals surface area contributed by atoms with E-state index in [9.17, 15) is 10.2 Å². The van der Waals surface area contributed by atoms with Crippen LogP contribution >= 0.6 is 31.9 Å². The summed E-state index contributed by atoms with van der Waals surface area (Å²) in [5, 5.41) is 26.0. The van der Waals surface area contributed by atoms with Crippen LogP contribution in [0, 0.1) is 0 Å². The van der Waals surface area contributed by atoms with Gasteiger partial charge in [0.15, 0.2) is 0 Å². The summed E-state index contributed by atoms with van der Waals surface area (Å²) in [6.07, 6.45) is 0. The highest BCUT2D eigenvalue weighted by molar-refractivity contribution is 9.10. The Balaban J connectivity index is 1.85. The van der Waals surface area contributed by atoms with Gasteiger partial charge in [-0.3, -0.25) is 0 Å². The second-order valence-corrected chi connectivity index (χ2v) is 9.86. The van der Waals surface area contributed by atoms with Gasteiger partial charge in [0.05, 0.1) is 13.7 Å². The van der Waals surface area contributed by atoms with E-state index in [-0.39, 0.29) is 33.4 Å². The minimum atomic E-state index is -0.595. The average molecular weight is 606 g/mol. The van der Waals surface area contributed by atoms with Crippen molar-refractivity contribution in [3.8, 4) is 44.9 Å². The van der Waals surface area contributed by atoms with Gasteiger partial charge in [0.2, 0.25) is 0 Å². The Morgan fingerprint density at radius 2 is 0.917 bits per heavy atom. The van der Waals surface area contributed by atoms with Gasteiger partial charge in [-0.05, 0) is 69.1 Å². The molecule has 6 aromatic carbocycles. The molecule has 0 heterocycles. The number of hydrogen-bond acceptors (Lipinski definition) is 2. The van der Waals surface area contributed by atoms with Gasteiger partial charge in [-0.25, -0.2) is 0 Å². The first-order valence-electron chi connectivity index (χ1n) is 15.7. The van der Waals surface area contributed by atoms with Crippen LogP contribution in [0.25, 0.3) is 54.9 Å². The SMILES string of the molecule is [2H]c1c([2H])c([2H])c(-c2cc3cc(Br)ccc3c(-c3c(O)c(-c4c([2H])c([2H])c([2H])c([2H])c4[2H])cc4cc(Br)ccc34)c2O)c([2H])c1[2H]. The van der Waals surface area contributed by atoms with Crippen molar-refractivity contribution in [1.29, 1.82) is 0 Å². The molecular weight excluding hydrogens is 576 g/mol. The molecule has 4 heteroatoms. The van der Waals surface area contributed by atoms with Crippen LogP contribution in [0.5, 0.6) is 11.5 Å². The van der Waals surface area contributed by atoms with Crippen molar-refractivity contribution in [2.24, 2.45) is 0 Å². The molecule has 0 saturated carbocycles. The first kappa shape index (κ1) is 14.2. The molecule has 0 atom stereocenters. The molecule has 0 aliphatic carbocycles. The number of aromatic hydroxyl groups is 2. The highest BCUT2D eigenvalue weighted by atomic mass is 79.9. The summed E-state index contributed by atoms with van der Waals surface area (Å²) in [7, 11) is 0. The molecule has 0 unspecified atom stereocenters. The zero-order chi connectivity index (χ0) is 33.5. The lowest BCUT2D eigenvalue weighted by molar-refractivity contribution is 0.472. The van der Waals surface area contributed by atoms with Crippen LogP contribution in [-0.4, -0.2) is 10.2 Å². The predicted octanol–water partition coefficient (Wildman–Crippen LogP) is 9.93. The zero-order valence-corrected chi connectivity index (χ0v) is 21.4. The molecule has 174 valence electrons. The quantitative estimate of drug-likeness (QED) is 0.211. The third-order valence-corrected chi connectivity index (χ3v) is 6.92. The second kappa shape index (κ2) is 9.12. The summed E-state index contributed by atoms with van der Waals surface area (Å²) >= 11 is 6.89. The molecule has 0 radical (unpaired) electrons. The van der Waals surface area contributed by atoms with Crippen LogP contribution < -0.4 is 0 Å². The standard InChI is InChI=1S/C32H20Br2O2/c33-23-11-13-25-21(15-23)17-27(19-7-3-1-4-8-19)31(35)29(25)30-26-14-12-24(34)16-22(26)18-28(32(30)36)20-9-5-2-6-10-20/h1-18,35-36H/i1D,2D,3D,4D,5D,6D,7D,8D,9D,10D. The Bertz CT molecular complexity index is 2100. The Hall–Kier alpha value is -3.60. The van der Waals surface area contributed by atoms with Crippen molar-refractivity contribution in [3.05, 3.63) is 118 Å². The fraction of sp³-hybridized carbons (Fsp3) is 0. The van der Waals surface area contributed by atoms with Gasteiger partial charge in [0.1, 0.15) is 11.5 Å². The molecule has 0 bridgehead atoms. The maximum absolute atomic E-state index is 12.1. The first-order valence-corrected chi connectivity index (χ1v) is 12.3. The van der Waals surface area contributed by atoms with E-state index in [0.717, 1.165) is 0 Å². The minimum absolute atomic E-state index is 0.0471. The lowest BCUT2D eigenvalue weighted by atomic mass is 9.86. The van der Waals surface area contributed by atoms with E-state index in [2.05, 4.69) is 31.9 Å². The lowest BCUT2D eigenvalue weighted by Gasteiger charge is -2.19. The number of phenols is 2. The van der Waals surface area contributed by atoms with Crippen LogP contribution in [0.2, 0.25) is 0 Å². The number of phenolic OH excluding ortho intramolecular Hbond substituents is 2. The Morgan fingerprint density at radius 3 is 1.31 bits per heavy atom. The summed E-state index contributed by atoms with van der Waals surface area (Å²) in [6, 6.07) is 7.53. The molecular formula is C32H20Br2O2. The summed E-state index contributed by atoms with van der Waals surface area (Å²) < 4.78 is 84.7. The van der Waals surface area contributed by atoms with Crippen LogP contribution in [0.1, 0.15) is 13.7 Å². The number of fused-ring (bicyclic) bond motifs is 2. The van der Waals surface area contributed by atoms with E-state index in [1.807, 2.05) is 0 Å². The molecule has 0 amide bonds. The van der Waals surface area contributed by atoms with E-state index in [1.54, 1.807) is 36.4 Å². The van der Waals surface area contributed by atoms with Gasteiger partial charge >= 0.3 is 0 Å². The molecule has 0 fully saturated rings. The van der Waals surface area contributed by atoms with E-state index in [4.69, 9.17) is 13.7 Å². The molecule has 0 saturated heterocycles. The Labute approximate surface area is 239 Å². The fourth-order valence-corrected chi connectivity index (χ4v) is 5.15. The van der Waals surface area contributed by atoms with Crippen molar-refractivity contribution in [1.82, 2.24) is 0 Å². The van der Waals surface area contributed by atoms with Gasteiger partial charge in [0, 0.05) is 31.2 Å². The van der Waals surface area contributed by atoms with E-state index in [0.29, 0.717) is 30.5 Å². The molecule has 0 aliphatic rings. The van der Waals surface area contributed by atoms with Crippen LogP contribution in [0.4, 0.5) is 0 Å². The van der Waals surface area contributed by atoms with Crippen molar-refractivity contribution >= 4 is 53.4 Å². The van der Waals surface area contributed by atoms with Gasteiger partial charge in [-0.2, -0.15) is 0 Å². The van der Waals surface area contributed by atoms with Crippen molar-refractivity contribution in [2.45, 2.75) is 0 Å². The van der Waals surface area contributed by atoms with Gasteiger partial charge in [0.25, 0.3) is 0 Å². The fourth-order valence-electron chi connectivity index (χ4n) is 4.39. The number of halogens is 2. The first-order chi connectivity index (χ1) is 21.6. The maximum atomic E-state index is 12.1. The normalized spacial score (nSPS) is 15.2. The van der Waals surface area contributed by atoms with E-state index >= 15 is 0 Å². The molecule has 0 spiro atoms. The van der Waals surface area contributed by atoms with Crippen LogP contribution in [-0.2, 0) is 0 Å². The van der Waals surface area contributed by atoms with Gasteiger partial charge in [-0.1, -0.05) is 104 Å². The molecule has 6 rings (SSSR count). The highest BCUT2D eigenvalue weighted by Crippen LogP contribution is 2.51. The van der Waals surface area contributed by atoms with Crippen LogP contribution in [0.15, 0.2) is 118 Å². The van der Waals surface area contributed by atoms with Gasteiger partial charge < -0.3 is 10.2 Å². The molecule has 36 heavy (non-hydrogen) atoms. The summed E-state index contributed by atoms with van der Waals surface area (Å²) in [4.78, 5) is 0. The topological polar surface area (TPSA) is 40.5 Å². The van der Waals surface area contributed by atoms with Crippen LogP contribution in [0.3, 0.4) is 0 Å². The molecule has 2 N–H and O–H groups in total. The third-order valence-electron chi connectivity index (χ3n) is 5.94. The Morgan fingerprint density at radius 1 is 0.528 bits per heavy atom. The molecule has 2 nitrogen and oxygen atoms in total. The second-order valence-electron chi connectivity index (χ2n) is 8.03. The molecule has 6 aromatic rings. The van der Waals surface area contributed by atoms with Gasteiger partial charge in [-0.15, -0.1) is 0 Å². The van der Waals surface area contributed by atoms with E-state index in [1.165, 1.54) is 12.1 Å². The smallest absolute Gasteiger partial charge is 0.132 e. The number of benzene rings is 6. The van der Waals surface area contributed by atoms with Crippen molar-refractivity contribution < 1.29 is 23.9 Å². The summed E-state index contributed by atoms with van der Waals surface area (Å²) in [6.45, 7) is 0. The monoisotopic (exact) mass is 604 g/mol. The summed E-state index contributed by atoms with van der Waals surface area (Å²) in [5.41, 5.74) is -0.581. The van der Waals surface area contributed by atoms with Crippen molar-refractivity contribution in [2.75, 3.05) is 0 Å².